The number of fused-ring (bicyclic) bond motifs is 1. The number of carbonyl (C=O) groups is 1. The van der Waals surface area contributed by atoms with E-state index in [-0.39, 0.29) is 0 Å². The number of rotatable bonds is 4. The van der Waals surface area contributed by atoms with Crippen molar-refractivity contribution >= 4 is 44.9 Å². The maximum atomic E-state index is 13.7. The molecule has 1 atom stereocenters. The fourth-order valence-electron chi connectivity index (χ4n) is 2.46. The smallest absolute Gasteiger partial charge is 0.237 e. The lowest BCUT2D eigenvalue weighted by Crippen LogP contribution is -2.23. The molecule has 3 aromatic rings. The van der Waals surface area contributed by atoms with Gasteiger partial charge in [0.2, 0.25) is 5.91 Å². The normalized spacial score (nSPS) is 12.4. The van der Waals surface area contributed by atoms with Gasteiger partial charge in [0.15, 0.2) is 0 Å². The monoisotopic (exact) mass is 393 g/mol. The Morgan fingerprint density at radius 3 is 2.50 bits per heavy atom. The molecule has 3 rings (SSSR count). The summed E-state index contributed by atoms with van der Waals surface area (Å²) in [5.74, 6) is -1.48. The number of anilines is 1. The summed E-state index contributed by atoms with van der Waals surface area (Å²) in [6, 6.07) is 3.46. The average Bonchev–Trinajstić information content (AvgIpc) is 2.85. The van der Waals surface area contributed by atoms with E-state index in [2.05, 4.69) is 15.3 Å². The zero-order valence-corrected chi connectivity index (χ0v) is 16.3. The molecule has 1 amide bonds. The summed E-state index contributed by atoms with van der Waals surface area (Å²) >= 11 is 2.84. The average molecular weight is 393 g/mol. The van der Waals surface area contributed by atoms with Gasteiger partial charge in [0.25, 0.3) is 0 Å². The minimum atomic E-state index is -0.805. The summed E-state index contributed by atoms with van der Waals surface area (Å²) in [7, 11) is 0. The molecule has 0 aliphatic carbocycles. The number of thiophene rings is 1. The third-order valence-corrected chi connectivity index (χ3v) is 6.16. The van der Waals surface area contributed by atoms with E-state index in [0.717, 1.165) is 32.8 Å². The number of aromatic nitrogens is 2. The molecule has 26 heavy (non-hydrogen) atoms. The van der Waals surface area contributed by atoms with E-state index in [9.17, 15) is 13.6 Å². The first-order valence-electron chi connectivity index (χ1n) is 7.93. The van der Waals surface area contributed by atoms with Crippen molar-refractivity contribution in [1.29, 1.82) is 0 Å². The van der Waals surface area contributed by atoms with Gasteiger partial charge >= 0.3 is 0 Å². The molecule has 0 fully saturated rings. The summed E-state index contributed by atoms with van der Waals surface area (Å²) in [6.45, 7) is 7.49. The van der Waals surface area contributed by atoms with Crippen LogP contribution in [0.25, 0.3) is 10.2 Å². The number of carbonyl (C=O) groups excluding carboxylic acids is 1. The summed E-state index contributed by atoms with van der Waals surface area (Å²) < 4.78 is 27.5. The van der Waals surface area contributed by atoms with Crippen LogP contribution in [0, 0.1) is 32.4 Å². The minimum absolute atomic E-state index is 0.434. The number of hydrogen-bond acceptors (Lipinski definition) is 5. The highest BCUT2D eigenvalue weighted by Gasteiger charge is 2.22. The van der Waals surface area contributed by atoms with Crippen LogP contribution in [0.5, 0.6) is 0 Å². The Bertz CT molecular complexity index is 984. The molecule has 4 nitrogen and oxygen atoms in total. The van der Waals surface area contributed by atoms with Crippen molar-refractivity contribution < 1.29 is 13.6 Å². The Morgan fingerprint density at radius 1 is 1.19 bits per heavy atom. The lowest BCUT2D eigenvalue weighted by molar-refractivity contribution is -0.115. The second kappa shape index (κ2) is 7.28. The second-order valence-corrected chi connectivity index (χ2v) is 8.42. The first-order chi connectivity index (χ1) is 12.3. The lowest BCUT2D eigenvalue weighted by atomic mass is 10.2. The van der Waals surface area contributed by atoms with Crippen LogP contribution < -0.4 is 5.32 Å². The van der Waals surface area contributed by atoms with Crippen LogP contribution in [0.3, 0.4) is 0 Å². The van der Waals surface area contributed by atoms with Crippen LogP contribution in [0.1, 0.15) is 23.2 Å². The molecule has 0 radical (unpaired) electrons. The van der Waals surface area contributed by atoms with E-state index in [1.807, 2.05) is 13.8 Å². The lowest BCUT2D eigenvalue weighted by Gasteiger charge is -2.13. The Morgan fingerprint density at radius 2 is 1.85 bits per heavy atom. The van der Waals surface area contributed by atoms with Crippen molar-refractivity contribution in [3.8, 4) is 0 Å². The summed E-state index contributed by atoms with van der Waals surface area (Å²) in [4.78, 5) is 23.4. The van der Waals surface area contributed by atoms with Crippen LogP contribution >= 0.6 is 23.1 Å². The van der Waals surface area contributed by atoms with E-state index >= 15 is 0 Å². The van der Waals surface area contributed by atoms with Crippen molar-refractivity contribution in [2.75, 3.05) is 5.32 Å². The molecule has 0 aliphatic heterocycles. The molecule has 1 aromatic carbocycles. The van der Waals surface area contributed by atoms with Gasteiger partial charge in [0, 0.05) is 10.3 Å². The van der Waals surface area contributed by atoms with Crippen molar-refractivity contribution in [3.63, 3.8) is 0 Å². The van der Waals surface area contributed by atoms with Crippen LogP contribution in [-0.4, -0.2) is 21.1 Å². The quantitative estimate of drug-likeness (QED) is 0.500. The predicted molar refractivity (Wildman–Crippen MR) is 102 cm³/mol. The van der Waals surface area contributed by atoms with Crippen molar-refractivity contribution in [1.82, 2.24) is 9.97 Å². The van der Waals surface area contributed by atoms with Crippen molar-refractivity contribution in [2.45, 2.75) is 38.0 Å². The largest absolute Gasteiger partial charge is 0.320 e. The van der Waals surface area contributed by atoms with Gasteiger partial charge in [0.1, 0.15) is 33.0 Å². The standard InChI is InChI=1S/C18H17F2N3OS2/c1-8-9(2)25-17-14(8)18(22-11(4)21-17)26-10(3)16(24)23-15-12(19)6-5-7-13(15)20/h5-7,10H,1-4H3,(H,23,24)/t10-/m1/s1. The van der Waals surface area contributed by atoms with Gasteiger partial charge in [-0.3, -0.25) is 4.79 Å². The number of benzene rings is 1. The molecule has 2 heterocycles. The molecule has 8 heteroatoms. The first kappa shape index (κ1) is 18.7. The number of nitrogens with zero attached hydrogens (tertiary/aromatic N) is 2. The highest BCUT2D eigenvalue weighted by Crippen LogP contribution is 2.36. The minimum Gasteiger partial charge on any atom is -0.320 e. The number of thioether (sulfide) groups is 1. The molecule has 0 unspecified atom stereocenters. The molecular formula is C18H17F2N3OS2. The number of aryl methyl sites for hydroxylation is 3. The fourth-order valence-corrected chi connectivity index (χ4v) is 4.66. The topological polar surface area (TPSA) is 54.9 Å². The van der Waals surface area contributed by atoms with E-state index in [1.165, 1.54) is 17.8 Å². The molecular weight excluding hydrogens is 376 g/mol. The maximum absolute atomic E-state index is 13.7. The maximum Gasteiger partial charge on any atom is 0.237 e. The predicted octanol–water partition coefficient (Wildman–Crippen LogP) is 5.01. The van der Waals surface area contributed by atoms with Gasteiger partial charge < -0.3 is 5.32 Å². The molecule has 0 saturated carbocycles. The first-order valence-corrected chi connectivity index (χ1v) is 9.63. The summed E-state index contributed by atoms with van der Waals surface area (Å²) in [6.07, 6.45) is 0. The van der Waals surface area contributed by atoms with Crippen LogP contribution in [0.4, 0.5) is 14.5 Å². The third kappa shape index (κ3) is 3.57. The SMILES string of the molecule is Cc1nc(S[C@H](C)C(=O)Nc2c(F)cccc2F)c2c(C)c(C)sc2n1. The van der Waals surface area contributed by atoms with Gasteiger partial charge in [-0.15, -0.1) is 11.3 Å². The molecule has 1 N–H and O–H groups in total. The molecule has 0 aliphatic rings. The molecule has 0 bridgehead atoms. The zero-order chi connectivity index (χ0) is 19.0. The number of amides is 1. The van der Waals surface area contributed by atoms with E-state index < -0.39 is 28.5 Å². The highest BCUT2D eigenvalue weighted by atomic mass is 32.2. The van der Waals surface area contributed by atoms with Gasteiger partial charge in [-0.1, -0.05) is 17.8 Å². The van der Waals surface area contributed by atoms with Crippen LogP contribution in [0.2, 0.25) is 0 Å². The van der Waals surface area contributed by atoms with Crippen molar-refractivity contribution in [3.05, 3.63) is 46.1 Å². The Kier molecular flexibility index (Phi) is 5.24. The Hall–Kier alpha value is -2.06. The fraction of sp³-hybridized carbons (Fsp3) is 0.278. The van der Waals surface area contributed by atoms with Gasteiger partial charge in [-0.2, -0.15) is 0 Å². The summed E-state index contributed by atoms with van der Waals surface area (Å²) in [5.41, 5.74) is 0.650. The number of hydrogen-bond donors (Lipinski definition) is 1. The Balaban J connectivity index is 1.87. The third-order valence-electron chi connectivity index (χ3n) is 3.98. The van der Waals surface area contributed by atoms with Crippen molar-refractivity contribution in [2.24, 2.45) is 0 Å². The highest BCUT2D eigenvalue weighted by molar-refractivity contribution is 8.00. The van der Waals surface area contributed by atoms with E-state index in [4.69, 9.17) is 0 Å². The zero-order valence-electron chi connectivity index (χ0n) is 14.7. The molecule has 136 valence electrons. The number of nitrogens with one attached hydrogen (secondary N) is 1. The van der Waals surface area contributed by atoms with Crippen LogP contribution in [0.15, 0.2) is 23.2 Å². The van der Waals surface area contributed by atoms with Crippen LogP contribution in [-0.2, 0) is 4.79 Å². The molecule has 2 aromatic heterocycles. The molecule has 0 spiro atoms. The van der Waals surface area contributed by atoms with E-state index in [1.54, 1.807) is 25.2 Å². The Labute approximate surface area is 158 Å². The number of para-hydroxylation sites is 1. The van der Waals surface area contributed by atoms with Gasteiger partial charge in [0.05, 0.1) is 5.25 Å². The number of halogens is 2. The summed E-state index contributed by atoms with van der Waals surface area (Å²) in [5, 5.41) is 3.37. The van der Waals surface area contributed by atoms with E-state index in [0.29, 0.717) is 10.9 Å². The second-order valence-electron chi connectivity index (χ2n) is 5.89. The van der Waals surface area contributed by atoms with Gasteiger partial charge in [-0.05, 0) is 45.4 Å². The van der Waals surface area contributed by atoms with Gasteiger partial charge in [-0.25, -0.2) is 18.7 Å². The molecule has 0 saturated heterocycles.